The maximum absolute atomic E-state index is 13.5. The van der Waals surface area contributed by atoms with Gasteiger partial charge < -0.3 is 13.9 Å². The van der Waals surface area contributed by atoms with Gasteiger partial charge in [-0.2, -0.15) is 0 Å². The molecule has 1 unspecified atom stereocenters. The Hall–Kier alpha value is -3.34. The van der Waals surface area contributed by atoms with Crippen LogP contribution in [0.1, 0.15) is 50.0 Å². The first-order chi connectivity index (χ1) is 15.3. The van der Waals surface area contributed by atoms with E-state index >= 15 is 0 Å². The topological polar surface area (TPSA) is 65.7 Å². The van der Waals surface area contributed by atoms with E-state index in [2.05, 4.69) is 6.08 Å². The van der Waals surface area contributed by atoms with Crippen LogP contribution in [0.5, 0.6) is 11.5 Å². The summed E-state index contributed by atoms with van der Waals surface area (Å²) in [5.41, 5.74) is 3.35. The molecule has 0 N–H and O–H groups in total. The number of rotatable bonds is 8. The lowest BCUT2D eigenvalue weighted by atomic mass is 9.89. The van der Waals surface area contributed by atoms with Gasteiger partial charge in [-0.3, -0.25) is 4.79 Å². The summed E-state index contributed by atoms with van der Waals surface area (Å²) in [5.74, 6) is 0.550. The van der Waals surface area contributed by atoms with Gasteiger partial charge >= 0.3 is 5.63 Å². The molecule has 1 atom stereocenters. The molecule has 1 aromatic heterocycles. The van der Waals surface area contributed by atoms with Crippen molar-refractivity contribution in [3.8, 4) is 22.6 Å². The monoisotopic (exact) mass is 434 g/mol. The van der Waals surface area contributed by atoms with Gasteiger partial charge in [0.1, 0.15) is 17.1 Å². The molecule has 2 aromatic carbocycles. The largest absolute Gasteiger partial charge is 0.496 e. The molecule has 0 bridgehead atoms. The summed E-state index contributed by atoms with van der Waals surface area (Å²) in [4.78, 5) is 26.1. The number of hydrogen-bond acceptors (Lipinski definition) is 5. The van der Waals surface area contributed by atoms with Gasteiger partial charge in [0.2, 0.25) is 0 Å². The molecule has 1 heterocycles. The summed E-state index contributed by atoms with van der Waals surface area (Å²) >= 11 is 0. The number of allylic oxidation sites excluding steroid dienone is 2. The molecule has 5 nitrogen and oxygen atoms in total. The smallest absolute Gasteiger partial charge is 0.336 e. The number of benzene rings is 2. The van der Waals surface area contributed by atoms with Gasteiger partial charge in [-0.05, 0) is 32.3 Å². The molecular formula is C27H30O5. The van der Waals surface area contributed by atoms with E-state index < -0.39 is 5.63 Å². The van der Waals surface area contributed by atoms with E-state index in [0.29, 0.717) is 40.9 Å². The van der Waals surface area contributed by atoms with E-state index in [9.17, 15) is 9.59 Å². The van der Waals surface area contributed by atoms with Gasteiger partial charge in [0.05, 0.1) is 19.6 Å². The molecule has 168 valence electrons. The minimum absolute atomic E-state index is 0.121. The highest BCUT2D eigenvalue weighted by atomic mass is 16.5. The molecule has 5 heteroatoms. The number of hydrogen-bond donors (Lipinski definition) is 0. The third kappa shape index (κ3) is 4.33. The van der Waals surface area contributed by atoms with Crippen LogP contribution in [0, 0.1) is 5.92 Å². The van der Waals surface area contributed by atoms with Crippen molar-refractivity contribution in [3.05, 3.63) is 69.6 Å². The Bertz CT molecular complexity index is 1210. The highest BCUT2D eigenvalue weighted by Crippen LogP contribution is 2.45. The summed E-state index contributed by atoms with van der Waals surface area (Å²) < 4.78 is 17.3. The zero-order valence-electron chi connectivity index (χ0n) is 19.6. The summed E-state index contributed by atoms with van der Waals surface area (Å²) in [6.07, 6.45) is 3.23. The maximum atomic E-state index is 13.5. The molecular weight excluding hydrogens is 404 g/mol. The number of ether oxygens (including phenoxy) is 2. The van der Waals surface area contributed by atoms with Crippen molar-refractivity contribution in [1.82, 2.24) is 0 Å². The molecule has 0 radical (unpaired) electrons. The number of methoxy groups -OCH3 is 2. The highest BCUT2D eigenvalue weighted by molar-refractivity contribution is 6.14. The van der Waals surface area contributed by atoms with Gasteiger partial charge in [-0.1, -0.05) is 55.8 Å². The third-order valence-electron chi connectivity index (χ3n) is 5.70. The van der Waals surface area contributed by atoms with Crippen LogP contribution in [0.2, 0.25) is 0 Å². The Kier molecular flexibility index (Phi) is 7.18. The average molecular weight is 435 g/mol. The predicted octanol–water partition coefficient (Wildman–Crippen LogP) is 6.21. The molecule has 3 aromatic rings. The zero-order chi connectivity index (χ0) is 23.4. The second kappa shape index (κ2) is 9.86. The van der Waals surface area contributed by atoms with Gasteiger partial charge in [0.15, 0.2) is 11.4 Å². The first-order valence-electron chi connectivity index (χ1n) is 10.8. The van der Waals surface area contributed by atoms with Crippen LogP contribution < -0.4 is 15.1 Å². The molecule has 0 aliphatic rings. The summed E-state index contributed by atoms with van der Waals surface area (Å²) in [6.45, 7) is 7.85. The van der Waals surface area contributed by atoms with Crippen LogP contribution in [0.4, 0.5) is 0 Å². The molecule has 0 fully saturated rings. The fourth-order valence-electron chi connectivity index (χ4n) is 3.85. The van der Waals surface area contributed by atoms with Gasteiger partial charge in [-0.15, -0.1) is 0 Å². The van der Waals surface area contributed by atoms with Gasteiger partial charge in [0.25, 0.3) is 0 Å². The average Bonchev–Trinajstić information content (AvgIpc) is 2.80. The molecule has 3 rings (SSSR count). The van der Waals surface area contributed by atoms with Crippen molar-refractivity contribution in [1.29, 1.82) is 0 Å². The number of carbonyl (C=O) groups excluding carboxylic acids is 1. The van der Waals surface area contributed by atoms with Crippen molar-refractivity contribution in [2.45, 2.75) is 40.5 Å². The van der Waals surface area contributed by atoms with Gasteiger partial charge in [-0.25, -0.2) is 4.79 Å². The van der Waals surface area contributed by atoms with Crippen molar-refractivity contribution >= 4 is 16.8 Å². The normalized spacial score (nSPS) is 11.8. The first-order valence-corrected chi connectivity index (χ1v) is 10.8. The van der Waals surface area contributed by atoms with E-state index in [1.165, 1.54) is 13.2 Å². The fourth-order valence-corrected chi connectivity index (χ4v) is 3.85. The number of carbonyl (C=O) groups is 1. The zero-order valence-corrected chi connectivity index (χ0v) is 19.6. The Balaban J connectivity index is 2.58. The van der Waals surface area contributed by atoms with Crippen LogP contribution >= 0.6 is 0 Å². The molecule has 0 amide bonds. The Morgan fingerprint density at radius 1 is 1.09 bits per heavy atom. The van der Waals surface area contributed by atoms with Crippen molar-refractivity contribution < 1.29 is 18.7 Å². The SMILES string of the molecule is CCC(C)C(=O)c1c(OC)c(CC=C(C)C)c(OC)c2c(-c3ccccc3)cc(=O)oc12. The molecule has 32 heavy (non-hydrogen) atoms. The third-order valence-corrected chi connectivity index (χ3v) is 5.70. The Morgan fingerprint density at radius 2 is 1.75 bits per heavy atom. The van der Waals surface area contributed by atoms with E-state index in [1.54, 1.807) is 7.11 Å². The van der Waals surface area contributed by atoms with Crippen LogP contribution in [0.3, 0.4) is 0 Å². The van der Waals surface area contributed by atoms with Crippen molar-refractivity contribution in [2.24, 2.45) is 5.92 Å². The lowest BCUT2D eigenvalue weighted by Gasteiger charge is -2.21. The second-order valence-electron chi connectivity index (χ2n) is 8.13. The number of ketones is 1. The van der Waals surface area contributed by atoms with E-state index in [-0.39, 0.29) is 17.3 Å². The van der Waals surface area contributed by atoms with E-state index in [0.717, 1.165) is 16.7 Å². The lowest BCUT2D eigenvalue weighted by Crippen LogP contribution is -2.15. The minimum atomic E-state index is -0.532. The van der Waals surface area contributed by atoms with E-state index in [4.69, 9.17) is 13.9 Å². The molecule has 0 aliphatic carbocycles. The predicted molar refractivity (Wildman–Crippen MR) is 128 cm³/mol. The summed E-state index contributed by atoms with van der Waals surface area (Å²) in [6, 6.07) is 11.0. The molecule has 0 saturated carbocycles. The standard InChI is InChI=1S/C27H30O5/c1-7-17(4)24(29)23-26(31-6)19(14-13-16(2)3)25(30-5)22-20(15-21(28)32-27(22)23)18-11-9-8-10-12-18/h8-13,15,17H,7,14H2,1-6H3. The van der Waals surface area contributed by atoms with Crippen molar-refractivity contribution in [2.75, 3.05) is 14.2 Å². The first kappa shape index (κ1) is 23.3. The summed E-state index contributed by atoms with van der Waals surface area (Å²) in [7, 11) is 3.11. The van der Waals surface area contributed by atoms with Gasteiger partial charge in [0, 0.05) is 23.1 Å². The number of fused-ring (bicyclic) bond motifs is 1. The quantitative estimate of drug-likeness (QED) is 0.239. The van der Waals surface area contributed by atoms with Crippen LogP contribution in [-0.2, 0) is 6.42 Å². The van der Waals surface area contributed by atoms with E-state index in [1.807, 2.05) is 58.0 Å². The highest BCUT2D eigenvalue weighted by Gasteiger charge is 2.30. The van der Waals surface area contributed by atoms with Crippen LogP contribution in [0.15, 0.2) is 57.3 Å². The number of Topliss-reactive ketones (excluding diaryl/α,β-unsaturated/α-hetero) is 1. The Morgan fingerprint density at radius 3 is 2.31 bits per heavy atom. The lowest BCUT2D eigenvalue weighted by molar-refractivity contribution is 0.0924. The van der Waals surface area contributed by atoms with Crippen LogP contribution in [-0.4, -0.2) is 20.0 Å². The Labute approximate surface area is 188 Å². The van der Waals surface area contributed by atoms with Crippen molar-refractivity contribution in [3.63, 3.8) is 0 Å². The van der Waals surface area contributed by atoms with Crippen LogP contribution in [0.25, 0.3) is 22.1 Å². The molecule has 0 spiro atoms. The maximum Gasteiger partial charge on any atom is 0.336 e. The minimum Gasteiger partial charge on any atom is -0.496 e. The summed E-state index contributed by atoms with van der Waals surface area (Å²) in [5, 5.41) is 0.600. The molecule has 0 saturated heterocycles. The second-order valence-corrected chi connectivity index (χ2v) is 8.13. The molecule has 0 aliphatic heterocycles. The fraction of sp³-hybridized carbons (Fsp3) is 0.333.